The van der Waals surface area contributed by atoms with Gasteiger partial charge in [-0.15, -0.1) is 0 Å². The van der Waals surface area contributed by atoms with Crippen LogP contribution >= 0.6 is 0 Å². The number of fused-ring (bicyclic) bond motifs is 1. The zero-order valence-corrected chi connectivity index (χ0v) is 20.1. The lowest BCUT2D eigenvalue weighted by Gasteiger charge is -2.35. The molecule has 5 heteroatoms. The molecule has 2 heterocycles. The zero-order chi connectivity index (χ0) is 23.4. The van der Waals surface area contributed by atoms with E-state index in [-0.39, 0.29) is 11.6 Å². The quantitative estimate of drug-likeness (QED) is 0.297. The van der Waals surface area contributed by atoms with Gasteiger partial charge in [0, 0.05) is 30.9 Å². The number of Topliss-reactive ketones (excluding diaryl/α,β-unsaturated/α-hetero) is 1. The van der Waals surface area contributed by atoms with Gasteiger partial charge in [-0.1, -0.05) is 63.1 Å². The molecule has 1 fully saturated rings. The minimum Gasteiger partial charge on any atom is -0.387 e. The van der Waals surface area contributed by atoms with Crippen molar-refractivity contribution in [3.63, 3.8) is 0 Å². The van der Waals surface area contributed by atoms with E-state index in [0.29, 0.717) is 18.5 Å². The molecule has 0 aromatic heterocycles. The summed E-state index contributed by atoms with van der Waals surface area (Å²) < 4.78 is 0. The van der Waals surface area contributed by atoms with E-state index < -0.39 is 5.41 Å². The van der Waals surface area contributed by atoms with Crippen LogP contribution in [0, 0.1) is 22.7 Å². The summed E-state index contributed by atoms with van der Waals surface area (Å²) in [6.45, 7) is 8.81. The molecule has 176 valence electrons. The fourth-order valence-electron chi connectivity index (χ4n) is 5.77. The standard InChI is InChI=1S/C28H38N4O/c1-20-15-21(2)19-32(18-20)14-7-3-6-12-28(27(29)30)13-8-10-24(26(28)33)23-16-22-9-4-5-11-25(22)31-17-23/h4-5,8-11,13,16,20-21,31H,3,6-7,12,14-15,17-19H2,1-2H3,(H3,29,30). The number of benzene rings is 1. The predicted octanol–water partition coefficient (Wildman–Crippen LogP) is 5.02. The molecule has 0 amide bonds. The lowest BCUT2D eigenvalue weighted by molar-refractivity contribution is -0.120. The molecule has 0 saturated carbocycles. The maximum atomic E-state index is 13.7. The van der Waals surface area contributed by atoms with E-state index in [0.717, 1.165) is 54.5 Å². The molecule has 4 rings (SSSR count). The number of amidine groups is 1. The van der Waals surface area contributed by atoms with Crippen LogP contribution in [-0.4, -0.2) is 42.7 Å². The molecule has 2 aliphatic heterocycles. The number of carbonyl (C=O) groups is 1. The normalized spacial score (nSPS) is 27.4. The molecule has 0 bridgehead atoms. The molecule has 1 aliphatic carbocycles. The van der Waals surface area contributed by atoms with Gasteiger partial charge in [-0.25, -0.2) is 0 Å². The number of nitrogens with two attached hydrogens (primary N) is 1. The fourth-order valence-corrected chi connectivity index (χ4v) is 5.77. The molecule has 1 aromatic rings. The second-order valence-electron chi connectivity index (χ2n) is 10.3. The van der Waals surface area contributed by atoms with Gasteiger partial charge in [0.15, 0.2) is 5.78 Å². The Balaban J connectivity index is 1.38. The SMILES string of the molecule is CC1CC(C)CN(CCCCCC2(C(=N)N)C=CC=C(C3=Cc4ccccc4NC3)C2=O)C1. The predicted molar refractivity (Wildman–Crippen MR) is 137 cm³/mol. The Labute approximate surface area is 198 Å². The monoisotopic (exact) mass is 446 g/mol. The van der Waals surface area contributed by atoms with Gasteiger partial charge >= 0.3 is 0 Å². The van der Waals surface area contributed by atoms with E-state index in [1.54, 1.807) is 0 Å². The van der Waals surface area contributed by atoms with Crippen LogP contribution in [0.1, 0.15) is 51.5 Å². The highest BCUT2D eigenvalue weighted by atomic mass is 16.1. The van der Waals surface area contributed by atoms with Crippen molar-refractivity contribution in [2.75, 3.05) is 31.5 Å². The first-order chi connectivity index (χ1) is 15.9. The third-order valence-corrected chi connectivity index (χ3v) is 7.37. The minimum atomic E-state index is -1.02. The van der Waals surface area contributed by atoms with Crippen LogP contribution in [0.25, 0.3) is 6.08 Å². The van der Waals surface area contributed by atoms with Gasteiger partial charge < -0.3 is 16.0 Å². The van der Waals surface area contributed by atoms with E-state index in [9.17, 15) is 4.79 Å². The van der Waals surface area contributed by atoms with Crippen molar-refractivity contribution in [1.82, 2.24) is 4.90 Å². The van der Waals surface area contributed by atoms with Gasteiger partial charge in [0.2, 0.25) is 0 Å². The molecule has 3 unspecified atom stereocenters. The number of carbonyl (C=O) groups excluding carboxylic acids is 1. The number of nitrogens with one attached hydrogen (secondary N) is 2. The highest BCUT2D eigenvalue weighted by Gasteiger charge is 2.42. The number of allylic oxidation sites excluding steroid dienone is 2. The van der Waals surface area contributed by atoms with Crippen molar-refractivity contribution in [2.45, 2.75) is 46.0 Å². The topological polar surface area (TPSA) is 82.2 Å². The number of unbranched alkanes of at least 4 members (excludes halogenated alkanes) is 2. The molecule has 33 heavy (non-hydrogen) atoms. The Morgan fingerprint density at radius 3 is 2.70 bits per heavy atom. The third kappa shape index (κ3) is 5.14. The molecular weight excluding hydrogens is 408 g/mol. The summed E-state index contributed by atoms with van der Waals surface area (Å²) in [7, 11) is 0. The maximum Gasteiger partial charge on any atom is 0.180 e. The third-order valence-electron chi connectivity index (χ3n) is 7.37. The summed E-state index contributed by atoms with van der Waals surface area (Å²) in [6.07, 6.45) is 12.7. The Hall–Kier alpha value is -2.66. The number of piperidine rings is 1. The first-order valence-electron chi connectivity index (χ1n) is 12.4. The maximum absolute atomic E-state index is 13.7. The summed E-state index contributed by atoms with van der Waals surface area (Å²) in [5.41, 5.74) is 8.84. The van der Waals surface area contributed by atoms with Gasteiger partial charge in [0.05, 0.1) is 0 Å². The largest absolute Gasteiger partial charge is 0.387 e. The second kappa shape index (κ2) is 10.1. The first kappa shape index (κ1) is 23.5. The van der Waals surface area contributed by atoms with E-state index in [1.807, 2.05) is 42.5 Å². The Morgan fingerprint density at radius 1 is 1.18 bits per heavy atom. The van der Waals surface area contributed by atoms with Crippen LogP contribution in [0.4, 0.5) is 5.69 Å². The zero-order valence-electron chi connectivity index (χ0n) is 20.1. The Bertz CT molecular complexity index is 981. The number of rotatable bonds is 8. The minimum absolute atomic E-state index is 0.0383. The smallest absolute Gasteiger partial charge is 0.180 e. The lowest BCUT2D eigenvalue weighted by Crippen LogP contribution is -2.44. The number of anilines is 1. The summed E-state index contributed by atoms with van der Waals surface area (Å²) in [5.74, 6) is 1.47. The van der Waals surface area contributed by atoms with Crippen LogP contribution in [0.3, 0.4) is 0 Å². The molecular formula is C28H38N4O. The fraction of sp³-hybridized carbons (Fsp3) is 0.500. The van der Waals surface area contributed by atoms with Crippen LogP contribution in [0.5, 0.6) is 0 Å². The second-order valence-corrected chi connectivity index (χ2v) is 10.3. The van der Waals surface area contributed by atoms with E-state index in [2.05, 4.69) is 30.1 Å². The van der Waals surface area contributed by atoms with Crippen molar-refractivity contribution in [3.8, 4) is 0 Å². The molecule has 1 saturated heterocycles. The number of likely N-dealkylation sites (tertiary alicyclic amines) is 1. The van der Waals surface area contributed by atoms with Crippen molar-refractivity contribution < 1.29 is 4.79 Å². The number of hydrogen-bond donors (Lipinski definition) is 3. The average Bonchev–Trinajstić information content (AvgIpc) is 2.79. The highest BCUT2D eigenvalue weighted by Crippen LogP contribution is 2.38. The molecule has 5 nitrogen and oxygen atoms in total. The van der Waals surface area contributed by atoms with Gasteiger partial charge in [-0.2, -0.15) is 0 Å². The van der Waals surface area contributed by atoms with E-state index >= 15 is 0 Å². The molecule has 3 aliphatic rings. The van der Waals surface area contributed by atoms with E-state index in [1.165, 1.54) is 19.5 Å². The number of hydrogen-bond acceptors (Lipinski definition) is 4. The highest BCUT2D eigenvalue weighted by molar-refractivity contribution is 6.19. The summed E-state index contributed by atoms with van der Waals surface area (Å²) >= 11 is 0. The molecule has 0 radical (unpaired) electrons. The first-order valence-corrected chi connectivity index (χ1v) is 12.4. The van der Waals surface area contributed by atoms with Crippen molar-refractivity contribution >= 4 is 23.4 Å². The molecule has 3 atom stereocenters. The van der Waals surface area contributed by atoms with Crippen molar-refractivity contribution in [3.05, 3.63) is 59.2 Å². The van der Waals surface area contributed by atoms with Gasteiger partial charge in [-0.3, -0.25) is 10.2 Å². The van der Waals surface area contributed by atoms with Crippen molar-refractivity contribution in [2.24, 2.45) is 23.0 Å². The number of ketones is 1. The average molecular weight is 447 g/mol. The van der Waals surface area contributed by atoms with Crippen molar-refractivity contribution in [1.29, 1.82) is 5.41 Å². The number of para-hydroxylation sites is 1. The molecule has 0 spiro atoms. The molecule has 1 aromatic carbocycles. The summed E-state index contributed by atoms with van der Waals surface area (Å²) in [5, 5.41) is 11.7. The number of nitrogens with zero attached hydrogens (tertiary/aromatic N) is 1. The summed E-state index contributed by atoms with van der Waals surface area (Å²) in [6, 6.07) is 8.10. The van der Waals surface area contributed by atoms with Gasteiger partial charge in [0.1, 0.15) is 11.3 Å². The van der Waals surface area contributed by atoms with Crippen LogP contribution in [0.2, 0.25) is 0 Å². The van der Waals surface area contributed by atoms with Gasteiger partial charge in [-0.05, 0) is 60.9 Å². The Kier molecular flexibility index (Phi) is 7.18. The van der Waals surface area contributed by atoms with Crippen LogP contribution < -0.4 is 11.1 Å². The van der Waals surface area contributed by atoms with E-state index in [4.69, 9.17) is 11.1 Å². The van der Waals surface area contributed by atoms with Gasteiger partial charge in [0.25, 0.3) is 0 Å². The molecule has 4 N–H and O–H groups in total. The lowest BCUT2D eigenvalue weighted by atomic mass is 9.71. The van der Waals surface area contributed by atoms with Crippen LogP contribution in [0.15, 0.2) is 53.6 Å². The Morgan fingerprint density at radius 2 is 1.94 bits per heavy atom. The summed E-state index contributed by atoms with van der Waals surface area (Å²) in [4.78, 5) is 16.3. The van der Waals surface area contributed by atoms with Crippen LogP contribution in [-0.2, 0) is 4.79 Å².